The molecular weight excluding hydrogens is 284 g/mol. The molecule has 84 valence electrons. The number of rotatable bonds is 0. The summed E-state index contributed by atoms with van der Waals surface area (Å²) in [6.07, 6.45) is 0. The molecule has 0 atom stereocenters. The molecule has 0 radical (unpaired) electrons. The second kappa shape index (κ2) is 3.60. The van der Waals surface area contributed by atoms with E-state index >= 15 is 0 Å². The molecule has 1 aromatic heterocycles. The van der Waals surface area contributed by atoms with E-state index in [1.54, 1.807) is 24.3 Å². The Hall–Kier alpha value is -1.81. The quantitative estimate of drug-likeness (QED) is 0.646. The molecule has 0 unspecified atom stereocenters. The van der Waals surface area contributed by atoms with Crippen LogP contribution in [0.15, 0.2) is 50.1 Å². The van der Waals surface area contributed by atoms with Gasteiger partial charge in [-0.05, 0) is 30.3 Å². The van der Waals surface area contributed by atoms with Crippen LogP contribution in [0.3, 0.4) is 0 Å². The first-order valence-electron chi connectivity index (χ1n) is 5.00. The van der Waals surface area contributed by atoms with E-state index in [2.05, 4.69) is 15.9 Å². The van der Waals surface area contributed by atoms with E-state index < -0.39 is 0 Å². The Labute approximate surface area is 104 Å². The van der Waals surface area contributed by atoms with E-state index in [1.807, 2.05) is 0 Å². The molecule has 0 amide bonds. The zero-order valence-corrected chi connectivity index (χ0v) is 10.2. The van der Waals surface area contributed by atoms with Crippen molar-refractivity contribution in [1.82, 2.24) is 0 Å². The summed E-state index contributed by atoms with van der Waals surface area (Å²) in [5.74, 6) is 0.0787. The molecule has 0 saturated carbocycles. The average molecular weight is 291 g/mol. The van der Waals surface area contributed by atoms with Gasteiger partial charge >= 0.3 is 0 Å². The summed E-state index contributed by atoms with van der Waals surface area (Å²) in [7, 11) is 0. The molecule has 17 heavy (non-hydrogen) atoms. The van der Waals surface area contributed by atoms with Gasteiger partial charge in [0.05, 0.1) is 10.8 Å². The van der Waals surface area contributed by atoms with Crippen LogP contribution in [0, 0.1) is 0 Å². The Morgan fingerprint density at radius 2 is 1.65 bits per heavy atom. The molecule has 0 aliphatic carbocycles. The predicted molar refractivity (Wildman–Crippen MR) is 69.4 cm³/mol. The summed E-state index contributed by atoms with van der Waals surface area (Å²) in [4.78, 5) is 12.2. The average Bonchev–Trinajstić information content (AvgIpc) is 2.28. The summed E-state index contributed by atoms with van der Waals surface area (Å²) in [5.41, 5.74) is 0.803. The van der Waals surface area contributed by atoms with Gasteiger partial charge in [-0.3, -0.25) is 4.79 Å². The molecule has 1 heterocycles. The highest BCUT2D eigenvalue weighted by Crippen LogP contribution is 2.24. The van der Waals surface area contributed by atoms with E-state index in [-0.39, 0.29) is 11.2 Å². The van der Waals surface area contributed by atoms with Crippen molar-refractivity contribution in [1.29, 1.82) is 0 Å². The van der Waals surface area contributed by atoms with Crippen LogP contribution in [0.5, 0.6) is 5.75 Å². The fourth-order valence-corrected chi connectivity index (χ4v) is 2.15. The zero-order chi connectivity index (χ0) is 12.0. The monoisotopic (exact) mass is 290 g/mol. The Morgan fingerprint density at radius 1 is 1.00 bits per heavy atom. The highest BCUT2D eigenvalue weighted by Gasteiger charge is 2.08. The van der Waals surface area contributed by atoms with Crippen LogP contribution in [0.2, 0.25) is 0 Å². The maximum atomic E-state index is 12.2. The maximum absolute atomic E-state index is 12.2. The number of phenolic OH excluding ortho intramolecular Hbond substituents is 1. The maximum Gasteiger partial charge on any atom is 0.200 e. The minimum atomic E-state index is -0.0891. The van der Waals surface area contributed by atoms with Crippen LogP contribution in [0.1, 0.15) is 0 Å². The van der Waals surface area contributed by atoms with Gasteiger partial charge < -0.3 is 9.52 Å². The summed E-state index contributed by atoms with van der Waals surface area (Å²) >= 11 is 3.32. The summed E-state index contributed by atoms with van der Waals surface area (Å²) in [6.45, 7) is 0. The third-order valence-corrected chi connectivity index (χ3v) is 3.11. The standard InChI is InChI=1S/C13H7BrO3/c14-7-1-3-9-11(5-7)17-12-6-8(15)2-4-10(12)13(9)16/h1-6,15H. The van der Waals surface area contributed by atoms with Gasteiger partial charge in [-0.1, -0.05) is 15.9 Å². The van der Waals surface area contributed by atoms with Crippen LogP contribution in [-0.4, -0.2) is 5.11 Å². The van der Waals surface area contributed by atoms with Gasteiger partial charge in [0, 0.05) is 10.5 Å². The third kappa shape index (κ3) is 1.61. The number of phenols is 1. The van der Waals surface area contributed by atoms with Crippen LogP contribution in [0.25, 0.3) is 21.9 Å². The smallest absolute Gasteiger partial charge is 0.200 e. The van der Waals surface area contributed by atoms with Crippen molar-refractivity contribution >= 4 is 37.9 Å². The minimum Gasteiger partial charge on any atom is -0.508 e. The van der Waals surface area contributed by atoms with Crippen molar-refractivity contribution in [3.8, 4) is 5.75 Å². The van der Waals surface area contributed by atoms with Gasteiger partial charge in [-0.15, -0.1) is 0 Å². The molecule has 4 heteroatoms. The molecule has 0 fully saturated rings. The molecule has 0 bridgehead atoms. The number of benzene rings is 2. The van der Waals surface area contributed by atoms with Crippen molar-refractivity contribution in [3.05, 3.63) is 51.1 Å². The molecule has 0 spiro atoms. The number of hydrogen-bond donors (Lipinski definition) is 1. The van der Waals surface area contributed by atoms with Crippen molar-refractivity contribution in [3.63, 3.8) is 0 Å². The first-order chi connectivity index (χ1) is 8.15. The van der Waals surface area contributed by atoms with Gasteiger partial charge in [0.25, 0.3) is 0 Å². The molecule has 3 rings (SSSR count). The van der Waals surface area contributed by atoms with Crippen molar-refractivity contribution in [2.45, 2.75) is 0 Å². The fraction of sp³-hybridized carbons (Fsp3) is 0. The Kier molecular flexibility index (Phi) is 2.19. The lowest BCUT2D eigenvalue weighted by Crippen LogP contribution is -2.01. The van der Waals surface area contributed by atoms with Gasteiger partial charge in [-0.25, -0.2) is 0 Å². The number of hydrogen-bond acceptors (Lipinski definition) is 3. The van der Waals surface area contributed by atoms with Gasteiger partial charge in [0.15, 0.2) is 0 Å². The number of aromatic hydroxyl groups is 1. The van der Waals surface area contributed by atoms with Crippen LogP contribution >= 0.6 is 15.9 Å². The Bertz CT molecular complexity index is 727. The van der Waals surface area contributed by atoms with Crippen LogP contribution in [0.4, 0.5) is 0 Å². The van der Waals surface area contributed by atoms with E-state index in [1.165, 1.54) is 12.1 Å². The normalized spacial score (nSPS) is 11.1. The lowest BCUT2D eigenvalue weighted by Gasteiger charge is -2.02. The zero-order valence-electron chi connectivity index (χ0n) is 8.61. The lowest BCUT2D eigenvalue weighted by molar-refractivity contribution is 0.474. The molecule has 1 N–H and O–H groups in total. The van der Waals surface area contributed by atoms with E-state index in [0.29, 0.717) is 21.9 Å². The van der Waals surface area contributed by atoms with Crippen LogP contribution in [-0.2, 0) is 0 Å². The number of halogens is 1. The Morgan fingerprint density at radius 3 is 2.41 bits per heavy atom. The molecule has 0 aliphatic rings. The predicted octanol–water partition coefficient (Wildman–Crippen LogP) is 3.41. The van der Waals surface area contributed by atoms with Crippen molar-refractivity contribution < 1.29 is 9.52 Å². The largest absolute Gasteiger partial charge is 0.508 e. The molecule has 3 aromatic rings. The summed E-state index contributed by atoms with van der Waals surface area (Å²) in [5, 5.41) is 10.4. The highest BCUT2D eigenvalue weighted by molar-refractivity contribution is 9.10. The molecule has 3 nitrogen and oxygen atoms in total. The van der Waals surface area contributed by atoms with E-state index in [9.17, 15) is 9.90 Å². The first-order valence-corrected chi connectivity index (χ1v) is 5.79. The second-order valence-corrected chi connectivity index (χ2v) is 4.67. The van der Waals surface area contributed by atoms with Gasteiger partial charge in [-0.2, -0.15) is 0 Å². The molecule has 2 aromatic carbocycles. The van der Waals surface area contributed by atoms with Gasteiger partial charge in [0.2, 0.25) is 5.43 Å². The van der Waals surface area contributed by atoms with Gasteiger partial charge in [0.1, 0.15) is 16.9 Å². The van der Waals surface area contributed by atoms with Crippen molar-refractivity contribution in [2.24, 2.45) is 0 Å². The SMILES string of the molecule is O=c1c2ccc(O)cc2oc2cc(Br)ccc12. The van der Waals surface area contributed by atoms with E-state index in [0.717, 1.165) is 4.47 Å². The van der Waals surface area contributed by atoms with E-state index in [4.69, 9.17) is 4.42 Å². The fourth-order valence-electron chi connectivity index (χ4n) is 1.81. The number of fused-ring (bicyclic) bond motifs is 2. The first kappa shape index (κ1) is 10.4. The summed E-state index contributed by atoms with van der Waals surface area (Å²) < 4.78 is 6.44. The van der Waals surface area contributed by atoms with Crippen molar-refractivity contribution in [2.75, 3.05) is 0 Å². The molecule has 0 saturated heterocycles. The summed E-state index contributed by atoms with van der Waals surface area (Å²) in [6, 6.07) is 9.74. The molecule has 0 aliphatic heterocycles. The Balaban J connectivity index is 2.57. The second-order valence-electron chi connectivity index (χ2n) is 3.75. The highest BCUT2D eigenvalue weighted by atomic mass is 79.9. The molecular formula is C13H7BrO3. The topological polar surface area (TPSA) is 50.4 Å². The minimum absolute atomic E-state index is 0.0787. The lowest BCUT2D eigenvalue weighted by atomic mass is 10.1. The third-order valence-electron chi connectivity index (χ3n) is 2.62. The van der Waals surface area contributed by atoms with Crippen LogP contribution < -0.4 is 5.43 Å².